The second-order valence-corrected chi connectivity index (χ2v) is 6.57. The van der Waals surface area contributed by atoms with Crippen molar-refractivity contribution in [3.05, 3.63) is 35.4 Å². The van der Waals surface area contributed by atoms with E-state index < -0.39 is 11.5 Å². The van der Waals surface area contributed by atoms with Gasteiger partial charge in [0.25, 0.3) is 5.91 Å². The topological polar surface area (TPSA) is 82.0 Å². The van der Waals surface area contributed by atoms with Crippen LogP contribution in [-0.4, -0.2) is 17.9 Å². The summed E-state index contributed by atoms with van der Waals surface area (Å²) in [5, 5.41) is 14.5. The second kappa shape index (κ2) is 8.33. The van der Waals surface area contributed by atoms with Crippen LogP contribution >= 0.6 is 0 Å². The van der Waals surface area contributed by atoms with Gasteiger partial charge in [-0.1, -0.05) is 46.2 Å². The molecule has 0 heterocycles. The molecule has 5 heteroatoms. The molecule has 0 fully saturated rings. The fourth-order valence-corrected chi connectivity index (χ4v) is 1.92. The summed E-state index contributed by atoms with van der Waals surface area (Å²) in [6.07, 6.45) is 1.48. The van der Waals surface area contributed by atoms with Crippen LogP contribution in [0.2, 0.25) is 0 Å². The van der Waals surface area contributed by atoms with E-state index in [1.165, 1.54) is 0 Å². The maximum absolute atomic E-state index is 12.1. The maximum atomic E-state index is 12.1. The highest BCUT2D eigenvalue weighted by molar-refractivity contribution is 5.94. The summed E-state index contributed by atoms with van der Waals surface area (Å²) in [6.45, 7) is 7.97. The number of amides is 2. The quantitative estimate of drug-likeness (QED) is 0.847. The van der Waals surface area contributed by atoms with Gasteiger partial charge in [0.05, 0.1) is 6.07 Å². The minimum Gasteiger partial charge on any atom is -0.352 e. The van der Waals surface area contributed by atoms with Crippen LogP contribution in [0.1, 0.15) is 56.5 Å². The molecule has 0 unspecified atom stereocenters. The number of nitriles is 1. The molecule has 0 aromatic heterocycles. The predicted octanol–water partition coefficient (Wildman–Crippen LogP) is 2.77. The lowest BCUT2D eigenvalue weighted by Gasteiger charge is -2.17. The van der Waals surface area contributed by atoms with Crippen molar-refractivity contribution in [1.82, 2.24) is 10.6 Å². The minimum absolute atomic E-state index is 0.0178. The molecule has 1 rings (SSSR count). The maximum Gasteiger partial charge on any atom is 0.252 e. The van der Waals surface area contributed by atoms with Crippen molar-refractivity contribution < 1.29 is 9.59 Å². The molecular formula is C18H25N3O2. The van der Waals surface area contributed by atoms with Gasteiger partial charge in [0.1, 0.15) is 6.04 Å². The lowest BCUT2D eigenvalue weighted by atomic mass is 9.95. The molecule has 0 radical (unpaired) electrons. The molecule has 23 heavy (non-hydrogen) atoms. The van der Waals surface area contributed by atoms with Gasteiger partial charge in [0, 0.05) is 17.5 Å². The molecule has 2 N–H and O–H groups in total. The lowest BCUT2D eigenvalue weighted by Crippen LogP contribution is -2.34. The summed E-state index contributed by atoms with van der Waals surface area (Å²) in [5.74, 6) is -0.272. The van der Waals surface area contributed by atoms with Gasteiger partial charge >= 0.3 is 0 Å². The van der Waals surface area contributed by atoms with Crippen molar-refractivity contribution in [3.63, 3.8) is 0 Å². The number of nitrogens with zero attached hydrogens (tertiary/aromatic N) is 1. The van der Waals surface area contributed by atoms with E-state index in [4.69, 9.17) is 5.26 Å². The highest BCUT2D eigenvalue weighted by Gasteiger charge is 2.20. The molecule has 1 aromatic rings. The molecule has 0 bridgehead atoms. The van der Waals surface area contributed by atoms with Crippen LogP contribution in [0.15, 0.2) is 24.3 Å². The van der Waals surface area contributed by atoms with Crippen LogP contribution in [-0.2, 0) is 11.3 Å². The van der Waals surface area contributed by atoms with E-state index in [9.17, 15) is 9.59 Å². The van der Waals surface area contributed by atoms with E-state index in [0.29, 0.717) is 18.5 Å². The second-order valence-electron chi connectivity index (χ2n) is 6.57. The zero-order valence-corrected chi connectivity index (χ0v) is 14.3. The Morgan fingerprint density at radius 3 is 2.30 bits per heavy atom. The Balaban J connectivity index is 2.61. The van der Waals surface area contributed by atoms with E-state index in [1.807, 2.05) is 27.7 Å². The van der Waals surface area contributed by atoms with Crippen molar-refractivity contribution in [2.24, 2.45) is 5.41 Å². The van der Waals surface area contributed by atoms with E-state index in [1.54, 1.807) is 24.3 Å². The summed E-state index contributed by atoms with van der Waals surface area (Å²) in [7, 11) is 0. The summed E-state index contributed by atoms with van der Waals surface area (Å²) in [5.41, 5.74) is 1.00. The predicted molar refractivity (Wildman–Crippen MR) is 89.5 cm³/mol. The minimum atomic E-state index is -0.460. The van der Waals surface area contributed by atoms with Gasteiger partial charge in [-0.05, 0) is 24.1 Å². The largest absolute Gasteiger partial charge is 0.352 e. The zero-order chi connectivity index (χ0) is 17.5. The van der Waals surface area contributed by atoms with Crippen LogP contribution in [0, 0.1) is 16.7 Å². The summed E-state index contributed by atoms with van der Waals surface area (Å²) in [6, 6.07) is 8.64. The number of nitrogens with one attached hydrogen (secondary N) is 2. The highest BCUT2D eigenvalue weighted by atomic mass is 16.2. The monoisotopic (exact) mass is 315 g/mol. The molecule has 0 aliphatic heterocycles. The Kier molecular flexibility index (Phi) is 6.77. The third kappa shape index (κ3) is 6.11. The zero-order valence-electron chi connectivity index (χ0n) is 14.3. The van der Waals surface area contributed by atoms with Crippen LogP contribution in [0.25, 0.3) is 0 Å². The van der Waals surface area contributed by atoms with E-state index in [2.05, 4.69) is 16.7 Å². The molecule has 5 nitrogen and oxygen atoms in total. The van der Waals surface area contributed by atoms with Gasteiger partial charge in [0.15, 0.2) is 0 Å². The van der Waals surface area contributed by atoms with Crippen molar-refractivity contribution >= 4 is 11.8 Å². The first-order valence-corrected chi connectivity index (χ1v) is 7.85. The molecule has 1 atom stereocenters. The van der Waals surface area contributed by atoms with Crippen LogP contribution < -0.4 is 10.6 Å². The van der Waals surface area contributed by atoms with Crippen molar-refractivity contribution in [2.45, 2.75) is 53.1 Å². The van der Waals surface area contributed by atoms with Gasteiger partial charge in [-0.25, -0.2) is 0 Å². The first kappa shape index (κ1) is 18.7. The van der Waals surface area contributed by atoms with Crippen molar-refractivity contribution in [2.75, 3.05) is 0 Å². The Bertz CT molecular complexity index is 580. The molecule has 0 aliphatic carbocycles. The fourth-order valence-electron chi connectivity index (χ4n) is 1.92. The first-order valence-electron chi connectivity index (χ1n) is 7.85. The molecular weight excluding hydrogens is 290 g/mol. The molecule has 124 valence electrons. The molecule has 0 spiro atoms. The number of carbonyl (C=O) groups excluding carboxylic acids is 2. The van der Waals surface area contributed by atoms with E-state index in [0.717, 1.165) is 12.0 Å². The third-order valence-electron chi connectivity index (χ3n) is 3.39. The summed E-state index contributed by atoms with van der Waals surface area (Å²) < 4.78 is 0. The van der Waals surface area contributed by atoms with Gasteiger partial charge in [0.2, 0.25) is 5.91 Å². The number of hydrogen-bond acceptors (Lipinski definition) is 3. The van der Waals surface area contributed by atoms with Gasteiger partial charge in [-0.3, -0.25) is 9.59 Å². The molecule has 1 aromatic carbocycles. The lowest BCUT2D eigenvalue weighted by molar-refractivity contribution is -0.128. The highest BCUT2D eigenvalue weighted by Crippen LogP contribution is 2.13. The van der Waals surface area contributed by atoms with E-state index >= 15 is 0 Å². The molecule has 0 saturated carbocycles. The Morgan fingerprint density at radius 2 is 1.83 bits per heavy atom. The van der Waals surface area contributed by atoms with Gasteiger partial charge < -0.3 is 10.6 Å². The summed E-state index contributed by atoms with van der Waals surface area (Å²) in [4.78, 5) is 23.9. The molecule has 0 saturated heterocycles. The Labute approximate surface area is 138 Å². The van der Waals surface area contributed by atoms with Crippen LogP contribution in [0.3, 0.4) is 0 Å². The van der Waals surface area contributed by atoms with Crippen LogP contribution in [0.4, 0.5) is 0 Å². The molecule has 0 aliphatic rings. The SMILES string of the molecule is CCC[C@H](C#N)NC(=O)c1ccc(CNC(=O)C(C)(C)C)cc1. The van der Waals surface area contributed by atoms with E-state index in [-0.39, 0.29) is 11.8 Å². The molecule has 2 amide bonds. The van der Waals surface area contributed by atoms with Crippen LogP contribution in [0.5, 0.6) is 0 Å². The fraction of sp³-hybridized carbons (Fsp3) is 0.500. The first-order chi connectivity index (χ1) is 10.8. The number of hydrogen-bond donors (Lipinski definition) is 2. The standard InChI is InChI=1S/C18H25N3O2/c1-5-6-15(11-19)21-16(22)14-9-7-13(8-10-14)12-20-17(23)18(2,3)4/h7-10,15H,5-6,12H2,1-4H3,(H,20,23)(H,21,22)/t15-/m1/s1. The smallest absolute Gasteiger partial charge is 0.252 e. The van der Waals surface area contributed by atoms with Crippen molar-refractivity contribution in [3.8, 4) is 6.07 Å². The number of carbonyl (C=O) groups is 2. The average Bonchev–Trinajstić information content (AvgIpc) is 2.51. The van der Waals surface area contributed by atoms with Gasteiger partial charge in [-0.2, -0.15) is 5.26 Å². The third-order valence-corrected chi connectivity index (χ3v) is 3.39. The number of benzene rings is 1. The average molecular weight is 315 g/mol. The normalized spacial score (nSPS) is 12.1. The van der Waals surface area contributed by atoms with Gasteiger partial charge in [-0.15, -0.1) is 0 Å². The van der Waals surface area contributed by atoms with Crippen molar-refractivity contribution in [1.29, 1.82) is 5.26 Å². The number of rotatable bonds is 6. The summed E-state index contributed by atoms with van der Waals surface area (Å²) >= 11 is 0. The Hall–Kier alpha value is -2.35. The Morgan fingerprint density at radius 1 is 1.22 bits per heavy atom.